The maximum atomic E-state index is 13.6. The molecule has 0 radical (unpaired) electrons. The molecule has 3 N–H and O–H groups in total. The molecule has 0 saturated heterocycles. The predicted octanol–water partition coefficient (Wildman–Crippen LogP) is 2.35. The number of pyridine rings is 1. The number of hydrogen-bond donors (Lipinski definition) is 2. The van der Waals surface area contributed by atoms with E-state index >= 15 is 0 Å². The van der Waals surface area contributed by atoms with Crippen molar-refractivity contribution in [3.8, 4) is 11.4 Å². The minimum Gasteiger partial charge on any atom is -0.399 e. The Labute approximate surface area is 96.3 Å². The molecule has 0 amide bonds. The summed E-state index contributed by atoms with van der Waals surface area (Å²) in [5.74, 6) is 0.0711. The zero-order valence-corrected chi connectivity index (χ0v) is 8.81. The maximum Gasteiger partial charge on any atom is 0.178 e. The highest BCUT2D eigenvalue weighted by molar-refractivity contribution is 5.76. The second kappa shape index (κ2) is 3.55. The average Bonchev–Trinajstić information content (AvgIpc) is 2.75. The Morgan fingerprint density at radius 2 is 2.12 bits per heavy atom. The van der Waals surface area contributed by atoms with E-state index in [0.717, 1.165) is 5.52 Å². The molecule has 84 valence electrons. The first-order valence-corrected chi connectivity index (χ1v) is 5.10. The lowest BCUT2D eigenvalue weighted by atomic mass is 10.2. The largest absolute Gasteiger partial charge is 0.399 e. The molecule has 5 heteroatoms. The van der Waals surface area contributed by atoms with Crippen molar-refractivity contribution in [2.45, 2.75) is 0 Å². The average molecular weight is 228 g/mol. The molecule has 17 heavy (non-hydrogen) atoms. The Morgan fingerprint density at radius 3 is 2.94 bits per heavy atom. The van der Waals surface area contributed by atoms with Crippen molar-refractivity contribution in [2.75, 3.05) is 5.73 Å². The summed E-state index contributed by atoms with van der Waals surface area (Å²) >= 11 is 0. The number of fused-ring (bicyclic) bond motifs is 1. The van der Waals surface area contributed by atoms with Crippen LogP contribution < -0.4 is 5.73 Å². The number of rotatable bonds is 1. The first-order chi connectivity index (χ1) is 8.24. The molecule has 0 bridgehead atoms. The lowest BCUT2D eigenvalue weighted by Gasteiger charge is -2.00. The fraction of sp³-hybridized carbons (Fsp3) is 0. The molecule has 0 atom stereocenters. The van der Waals surface area contributed by atoms with Crippen molar-refractivity contribution in [2.24, 2.45) is 0 Å². The van der Waals surface area contributed by atoms with Crippen LogP contribution in [0.25, 0.3) is 22.6 Å². The minimum absolute atomic E-state index is 0.350. The summed E-state index contributed by atoms with van der Waals surface area (Å²) in [6, 6.07) is 8.01. The Balaban J connectivity index is 2.23. The predicted molar refractivity (Wildman–Crippen MR) is 63.7 cm³/mol. The van der Waals surface area contributed by atoms with Crippen LogP contribution in [-0.2, 0) is 0 Å². The van der Waals surface area contributed by atoms with Crippen molar-refractivity contribution in [3.05, 3.63) is 42.3 Å². The third-order valence-corrected chi connectivity index (χ3v) is 2.50. The molecule has 0 aliphatic rings. The number of hydrogen-bond acceptors (Lipinski definition) is 3. The second-order valence-corrected chi connectivity index (χ2v) is 3.70. The minimum atomic E-state index is -0.363. The van der Waals surface area contributed by atoms with E-state index in [1.54, 1.807) is 18.3 Å². The molecular weight excluding hydrogens is 219 g/mol. The van der Waals surface area contributed by atoms with E-state index in [-0.39, 0.29) is 5.82 Å². The highest BCUT2D eigenvalue weighted by Gasteiger charge is 2.10. The van der Waals surface area contributed by atoms with Gasteiger partial charge in [-0.2, -0.15) is 0 Å². The summed E-state index contributed by atoms with van der Waals surface area (Å²) in [5, 5.41) is 0. The molecule has 0 saturated carbocycles. The Bertz CT molecular complexity index is 657. The van der Waals surface area contributed by atoms with Gasteiger partial charge in [-0.3, -0.25) is 0 Å². The molecule has 0 spiro atoms. The summed E-state index contributed by atoms with van der Waals surface area (Å²) in [4.78, 5) is 11.3. The first kappa shape index (κ1) is 9.77. The number of nitrogens with zero attached hydrogens (tertiary/aromatic N) is 2. The van der Waals surface area contributed by atoms with Crippen molar-refractivity contribution in [1.82, 2.24) is 15.0 Å². The summed E-state index contributed by atoms with van der Waals surface area (Å²) < 4.78 is 13.6. The van der Waals surface area contributed by atoms with E-state index in [1.807, 2.05) is 6.07 Å². The smallest absolute Gasteiger partial charge is 0.178 e. The first-order valence-electron chi connectivity index (χ1n) is 5.10. The number of halogens is 1. The van der Waals surface area contributed by atoms with E-state index in [4.69, 9.17) is 5.73 Å². The molecule has 2 aromatic heterocycles. The van der Waals surface area contributed by atoms with Gasteiger partial charge in [-0.25, -0.2) is 14.4 Å². The maximum absolute atomic E-state index is 13.6. The normalized spacial score (nSPS) is 10.9. The van der Waals surface area contributed by atoms with Crippen LogP contribution in [0.4, 0.5) is 10.1 Å². The number of imidazole rings is 1. The third kappa shape index (κ3) is 1.61. The van der Waals surface area contributed by atoms with Gasteiger partial charge in [0, 0.05) is 11.9 Å². The molecule has 4 nitrogen and oxygen atoms in total. The van der Waals surface area contributed by atoms with E-state index in [1.165, 1.54) is 12.1 Å². The molecule has 3 aromatic rings. The lowest BCUT2D eigenvalue weighted by molar-refractivity contribution is 0.630. The van der Waals surface area contributed by atoms with E-state index in [0.29, 0.717) is 22.7 Å². The third-order valence-electron chi connectivity index (χ3n) is 2.50. The standard InChI is InChI=1S/C12H9FN4/c13-9-4-3-7(14)6-8(9)11-16-10-2-1-5-15-12(10)17-11/h1-6H,14H2,(H,15,16,17). The molecule has 1 aromatic carbocycles. The number of aromatic nitrogens is 3. The Hall–Kier alpha value is -2.43. The van der Waals surface area contributed by atoms with Crippen LogP contribution in [0.3, 0.4) is 0 Å². The number of nitrogens with one attached hydrogen (secondary N) is 1. The zero-order valence-electron chi connectivity index (χ0n) is 8.81. The highest BCUT2D eigenvalue weighted by Crippen LogP contribution is 2.24. The number of H-pyrrole nitrogens is 1. The quantitative estimate of drug-likeness (QED) is 0.628. The van der Waals surface area contributed by atoms with Crippen LogP contribution in [0.2, 0.25) is 0 Å². The lowest BCUT2D eigenvalue weighted by Crippen LogP contribution is -1.90. The molecule has 0 aliphatic heterocycles. The summed E-state index contributed by atoms with van der Waals surface area (Å²) in [6.07, 6.45) is 1.64. The topological polar surface area (TPSA) is 67.6 Å². The van der Waals surface area contributed by atoms with Gasteiger partial charge < -0.3 is 10.7 Å². The second-order valence-electron chi connectivity index (χ2n) is 3.70. The van der Waals surface area contributed by atoms with Crippen LogP contribution in [-0.4, -0.2) is 15.0 Å². The van der Waals surface area contributed by atoms with Crippen LogP contribution in [0.1, 0.15) is 0 Å². The van der Waals surface area contributed by atoms with E-state index in [9.17, 15) is 4.39 Å². The fourth-order valence-corrected chi connectivity index (χ4v) is 1.70. The monoisotopic (exact) mass is 228 g/mol. The van der Waals surface area contributed by atoms with Gasteiger partial charge in [0.2, 0.25) is 0 Å². The summed E-state index contributed by atoms with van der Waals surface area (Å²) in [6.45, 7) is 0. The zero-order chi connectivity index (χ0) is 11.8. The van der Waals surface area contributed by atoms with Crippen molar-refractivity contribution in [3.63, 3.8) is 0 Å². The van der Waals surface area contributed by atoms with Crippen molar-refractivity contribution >= 4 is 16.9 Å². The van der Waals surface area contributed by atoms with Crippen molar-refractivity contribution < 1.29 is 4.39 Å². The van der Waals surface area contributed by atoms with Gasteiger partial charge >= 0.3 is 0 Å². The van der Waals surface area contributed by atoms with Gasteiger partial charge in [-0.05, 0) is 30.3 Å². The number of benzene rings is 1. The Kier molecular flexibility index (Phi) is 2.04. The SMILES string of the molecule is Nc1ccc(F)c(-c2nc3ncccc3[nH]2)c1. The van der Waals surface area contributed by atoms with E-state index < -0.39 is 0 Å². The Morgan fingerprint density at radius 1 is 1.24 bits per heavy atom. The van der Waals surface area contributed by atoms with Gasteiger partial charge in [-0.15, -0.1) is 0 Å². The number of anilines is 1. The molecule has 2 heterocycles. The van der Waals surface area contributed by atoms with Crippen LogP contribution in [0.15, 0.2) is 36.5 Å². The van der Waals surface area contributed by atoms with Gasteiger partial charge in [0.25, 0.3) is 0 Å². The molecule has 3 rings (SSSR count). The van der Waals surface area contributed by atoms with Crippen LogP contribution >= 0.6 is 0 Å². The number of nitrogens with two attached hydrogens (primary N) is 1. The van der Waals surface area contributed by atoms with Gasteiger partial charge in [-0.1, -0.05) is 0 Å². The number of nitrogen functional groups attached to an aromatic ring is 1. The van der Waals surface area contributed by atoms with Crippen LogP contribution in [0, 0.1) is 5.82 Å². The van der Waals surface area contributed by atoms with Gasteiger partial charge in [0.05, 0.1) is 11.1 Å². The molecule has 0 unspecified atom stereocenters. The summed E-state index contributed by atoms with van der Waals surface area (Å²) in [7, 11) is 0. The highest BCUT2D eigenvalue weighted by atomic mass is 19.1. The fourth-order valence-electron chi connectivity index (χ4n) is 1.70. The summed E-state index contributed by atoms with van der Waals surface area (Å²) in [5.41, 5.74) is 7.81. The molecule has 0 fully saturated rings. The molecule has 0 aliphatic carbocycles. The van der Waals surface area contributed by atoms with Crippen LogP contribution in [0.5, 0.6) is 0 Å². The van der Waals surface area contributed by atoms with Gasteiger partial charge in [0.15, 0.2) is 5.65 Å². The van der Waals surface area contributed by atoms with Gasteiger partial charge in [0.1, 0.15) is 11.6 Å². The molecular formula is C12H9FN4. The van der Waals surface area contributed by atoms with E-state index in [2.05, 4.69) is 15.0 Å². The van der Waals surface area contributed by atoms with Crippen molar-refractivity contribution in [1.29, 1.82) is 0 Å². The number of aromatic amines is 1.